The molecule has 400 valence electrons. The van der Waals surface area contributed by atoms with E-state index in [1.54, 1.807) is 0 Å². The lowest BCUT2D eigenvalue weighted by Gasteiger charge is -2.22. The lowest BCUT2D eigenvalue weighted by molar-refractivity contribution is -0.143. The minimum Gasteiger partial charge on any atom is -0.466 e. The van der Waals surface area contributed by atoms with Crippen molar-refractivity contribution in [1.82, 2.24) is 5.32 Å². The lowest BCUT2D eigenvalue weighted by Crippen LogP contribution is -2.45. The van der Waals surface area contributed by atoms with E-state index < -0.39 is 12.1 Å². The minimum absolute atomic E-state index is 0.0192. The van der Waals surface area contributed by atoms with Crippen LogP contribution < -0.4 is 5.32 Å². The van der Waals surface area contributed by atoms with Gasteiger partial charge in [0.15, 0.2) is 0 Å². The number of nitrogens with one attached hydrogen (secondary N) is 1. The van der Waals surface area contributed by atoms with E-state index in [4.69, 9.17) is 4.74 Å². The van der Waals surface area contributed by atoms with Gasteiger partial charge in [0, 0.05) is 12.8 Å². The molecule has 0 saturated heterocycles. The summed E-state index contributed by atoms with van der Waals surface area (Å²) >= 11 is 0. The zero-order valence-corrected chi connectivity index (χ0v) is 45.7. The molecule has 0 aromatic carbocycles. The van der Waals surface area contributed by atoms with Gasteiger partial charge < -0.3 is 20.3 Å². The maximum atomic E-state index is 12.4. The monoisotopic (exact) mass is 948 g/mol. The van der Waals surface area contributed by atoms with Crippen LogP contribution in [0.1, 0.15) is 354 Å². The molecule has 0 saturated carbocycles. The molecule has 2 atom stereocenters. The molecule has 67 heavy (non-hydrogen) atoms. The van der Waals surface area contributed by atoms with Crippen molar-refractivity contribution in [3.63, 3.8) is 0 Å². The van der Waals surface area contributed by atoms with Crippen molar-refractivity contribution in [2.45, 2.75) is 366 Å². The first-order chi connectivity index (χ1) is 33.0. The van der Waals surface area contributed by atoms with Crippen molar-refractivity contribution in [3.05, 3.63) is 0 Å². The van der Waals surface area contributed by atoms with Gasteiger partial charge in [0.05, 0.1) is 25.4 Å². The maximum Gasteiger partial charge on any atom is 0.305 e. The van der Waals surface area contributed by atoms with Crippen LogP contribution in [0.2, 0.25) is 0 Å². The SMILES string of the molecule is CCCCCCCCCCCCCCCCCC(=O)OCCCCCCCCCCCCCCCCCCCCCCCCCCC(=O)NC(CO)C(O)CCCCCCCCCCCCC. The Balaban J connectivity index is 3.32. The second kappa shape index (κ2) is 57.4. The molecule has 6 heteroatoms. The highest BCUT2D eigenvalue weighted by atomic mass is 16.5. The third kappa shape index (κ3) is 54.0. The topological polar surface area (TPSA) is 95.9 Å². The van der Waals surface area contributed by atoms with Gasteiger partial charge in [-0.15, -0.1) is 0 Å². The Hall–Kier alpha value is -1.14. The smallest absolute Gasteiger partial charge is 0.305 e. The van der Waals surface area contributed by atoms with Crippen LogP contribution in [0.4, 0.5) is 0 Å². The molecule has 0 aliphatic carbocycles. The summed E-state index contributed by atoms with van der Waals surface area (Å²) in [5.74, 6) is -0.0136. The summed E-state index contributed by atoms with van der Waals surface area (Å²) in [7, 11) is 0. The van der Waals surface area contributed by atoms with E-state index in [-0.39, 0.29) is 18.5 Å². The van der Waals surface area contributed by atoms with E-state index in [2.05, 4.69) is 19.2 Å². The zero-order valence-electron chi connectivity index (χ0n) is 45.7. The highest BCUT2D eigenvalue weighted by Crippen LogP contribution is 2.18. The number of hydrogen-bond donors (Lipinski definition) is 3. The molecule has 6 nitrogen and oxygen atoms in total. The number of aliphatic hydroxyl groups is 2. The van der Waals surface area contributed by atoms with Crippen LogP contribution in [0.15, 0.2) is 0 Å². The van der Waals surface area contributed by atoms with Gasteiger partial charge in [0.25, 0.3) is 0 Å². The number of unbranched alkanes of at least 4 members (excludes halogenated alkanes) is 47. The molecule has 0 bridgehead atoms. The van der Waals surface area contributed by atoms with Crippen molar-refractivity contribution >= 4 is 11.9 Å². The predicted octanol–water partition coefficient (Wildman–Crippen LogP) is 19.1. The molecular weight excluding hydrogens is 827 g/mol. The maximum absolute atomic E-state index is 12.4. The summed E-state index contributed by atoms with van der Waals surface area (Å²) in [6, 6.07) is -0.538. The molecule has 2 unspecified atom stereocenters. The zero-order chi connectivity index (χ0) is 48.6. The van der Waals surface area contributed by atoms with Gasteiger partial charge in [0.2, 0.25) is 5.91 Å². The first kappa shape index (κ1) is 65.9. The van der Waals surface area contributed by atoms with Gasteiger partial charge >= 0.3 is 5.97 Å². The Labute approximate surface area is 419 Å². The van der Waals surface area contributed by atoms with Gasteiger partial charge in [0.1, 0.15) is 0 Å². The number of aliphatic hydroxyl groups excluding tert-OH is 2. The van der Waals surface area contributed by atoms with Crippen molar-refractivity contribution in [3.8, 4) is 0 Å². The summed E-state index contributed by atoms with van der Waals surface area (Å²) in [5.41, 5.74) is 0. The third-order valence-electron chi connectivity index (χ3n) is 14.7. The number of carbonyl (C=O) groups excluding carboxylic acids is 2. The summed E-state index contributed by atoms with van der Waals surface area (Å²) in [5, 5.41) is 23.2. The Bertz CT molecular complexity index is 959. The molecule has 0 aromatic heterocycles. The van der Waals surface area contributed by atoms with Gasteiger partial charge in [-0.2, -0.15) is 0 Å². The minimum atomic E-state index is -0.660. The largest absolute Gasteiger partial charge is 0.466 e. The molecule has 1 amide bonds. The Morgan fingerprint density at radius 1 is 0.358 bits per heavy atom. The standard InChI is InChI=1S/C61H121NO5/c1-3-5-7-9-11-13-15-16-27-31-35-39-43-47-51-55-61(66)67-56-52-48-44-40-36-32-29-26-24-22-20-18-17-19-21-23-25-28-30-34-38-42-46-50-54-60(65)62-58(57-63)59(64)53-49-45-41-37-33-14-12-10-8-6-4-2/h58-59,63-64H,3-57H2,1-2H3,(H,62,65). The van der Waals surface area contributed by atoms with Gasteiger partial charge in [-0.25, -0.2) is 0 Å². The molecule has 0 aliphatic rings. The molecule has 0 fully saturated rings. The second-order valence-corrected chi connectivity index (χ2v) is 21.4. The van der Waals surface area contributed by atoms with Crippen molar-refractivity contribution in [2.24, 2.45) is 0 Å². The third-order valence-corrected chi connectivity index (χ3v) is 14.7. The summed E-state index contributed by atoms with van der Waals surface area (Å²) in [6.07, 6.45) is 66.9. The quantitative estimate of drug-likeness (QED) is 0.0417. The van der Waals surface area contributed by atoms with Gasteiger partial charge in [-0.05, 0) is 25.7 Å². The van der Waals surface area contributed by atoms with E-state index in [9.17, 15) is 19.8 Å². The Kier molecular flexibility index (Phi) is 56.5. The normalized spacial score (nSPS) is 12.5. The average molecular weight is 949 g/mol. The number of carbonyl (C=O) groups is 2. The number of amides is 1. The van der Waals surface area contributed by atoms with Crippen molar-refractivity contribution < 1.29 is 24.5 Å². The van der Waals surface area contributed by atoms with Gasteiger partial charge in [-0.3, -0.25) is 9.59 Å². The summed E-state index contributed by atoms with van der Waals surface area (Å²) < 4.78 is 5.49. The van der Waals surface area contributed by atoms with E-state index >= 15 is 0 Å². The van der Waals surface area contributed by atoms with E-state index in [0.717, 1.165) is 38.5 Å². The van der Waals surface area contributed by atoms with Crippen molar-refractivity contribution in [1.29, 1.82) is 0 Å². The predicted molar refractivity (Wildman–Crippen MR) is 292 cm³/mol. The fourth-order valence-electron chi connectivity index (χ4n) is 9.94. The Morgan fingerprint density at radius 3 is 0.910 bits per heavy atom. The van der Waals surface area contributed by atoms with E-state index in [1.807, 2.05) is 0 Å². The number of esters is 1. The molecular formula is C61H121NO5. The summed E-state index contributed by atoms with van der Waals surface area (Å²) in [6.45, 7) is 4.97. The van der Waals surface area contributed by atoms with Crippen LogP contribution in [0.3, 0.4) is 0 Å². The molecule has 0 aromatic rings. The first-order valence-corrected chi connectivity index (χ1v) is 30.8. The van der Waals surface area contributed by atoms with E-state index in [1.165, 1.54) is 283 Å². The highest BCUT2D eigenvalue weighted by molar-refractivity contribution is 5.76. The highest BCUT2D eigenvalue weighted by Gasteiger charge is 2.20. The molecule has 0 heterocycles. The fraction of sp³-hybridized carbons (Fsp3) is 0.967. The van der Waals surface area contributed by atoms with Crippen LogP contribution in [0.5, 0.6) is 0 Å². The van der Waals surface area contributed by atoms with Crippen LogP contribution in [0.25, 0.3) is 0 Å². The molecule has 0 spiro atoms. The number of hydrogen-bond acceptors (Lipinski definition) is 5. The second-order valence-electron chi connectivity index (χ2n) is 21.4. The lowest BCUT2D eigenvalue weighted by atomic mass is 10.0. The van der Waals surface area contributed by atoms with Gasteiger partial charge in [-0.1, -0.05) is 316 Å². The molecule has 0 rings (SSSR count). The fourth-order valence-corrected chi connectivity index (χ4v) is 9.94. The molecule has 0 aliphatic heterocycles. The average Bonchev–Trinajstić information content (AvgIpc) is 3.33. The Morgan fingerprint density at radius 2 is 0.612 bits per heavy atom. The first-order valence-electron chi connectivity index (χ1n) is 30.8. The number of rotatable bonds is 58. The molecule has 3 N–H and O–H groups in total. The van der Waals surface area contributed by atoms with Crippen LogP contribution >= 0.6 is 0 Å². The summed E-state index contributed by atoms with van der Waals surface area (Å²) in [4.78, 5) is 24.5. The van der Waals surface area contributed by atoms with Crippen LogP contribution in [-0.4, -0.2) is 47.4 Å². The van der Waals surface area contributed by atoms with Crippen LogP contribution in [-0.2, 0) is 14.3 Å². The molecule has 0 radical (unpaired) electrons. The van der Waals surface area contributed by atoms with E-state index in [0.29, 0.717) is 25.9 Å². The van der Waals surface area contributed by atoms with Crippen LogP contribution in [0, 0.1) is 0 Å². The van der Waals surface area contributed by atoms with Crippen molar-refractivity contribution in [2.75, 3.05) is 13.2 Å². The number of ether oxygens (including phenoxy) is 1.